The molecule has 3 nitrogen and oxygen atoms in total. The number of ether oxygens (including phenoxy) is 2. The first-order valence-electron chi connectivity index (χ1n) is 7.88. The van der Waals surface area contributed by atoms with E-state index in [4.69, 9.17) is 9.47 Å². The average molecular weight is 275 g/mol. The SMILES string of the molecule is CC1CCC(NC(C)c2ccc3c(c2)OCCO3)CC1. The fraction of sp³-hybridized carbons (Fsp3) is 0.647. The highest BCUT2D eigenvalue weighted by molar-refractivity contribution is 5.44. The van der Waals surface area contributed by atoms with E-state index in [-0.39, 0.29) is 0 Å². The van der Waals surface area contributed by atoms with Crippen molar-refractivity contribution in [3.05, 3.63) is 23.8 Å². The highest BCUT2D eigenvalue weighted by atomic mass is 16.6. The van der Waals surface area contributed by atoms with Crippen molar-refractivity contribution in [2.75, 3.05) is 13.2 Å². The molecule has 1 atom stereocenters. The summed E-state index contributed by atoms with van der Waals surface area (Å²) in [4.78, 5) is 0. The van der Waals surface area contributed by atoms with Gasteiger partial charge in [0.25, 0.3) is 0 Å². The van der Waals surface area contributed by atoms with E-state index in [1.165, 1.54) is 31.2 Å². The molecule has 0 saturated heterocycles. The molecular formula is C17H25NO2. The van der Waals surface area contributed by atoms with Crippen LogP contribution in [0.15, 0.2) is 18.2 Å². The molecule has 1 aromatic carbocycles. The molecule has 1 fully saturated rings. The Hall–Kier alpha value is -1.22. The maximum atomic E-state index is 5.67. The maximum Gasteiger partial charge on any atom is 0.161 e. The molecule has 1 aromatic rings. The number of hydrogen-bond donors (Lipinski definition) is 1. The van der Waals surface area contributed by atoms with E-state index in [0.717, 1.165) is 17.4 Å². The Balaban J connectivity index is 1.63. The third kappa shape index (κ3) is 3.09. The van der Waals surface area contributed by atoms with E-state index < -0.39 is 0 Å². The number of rotatable bonds is 3. The quantitative estimate of drug-likeness (QED) is 0.912. The molecule has 0 amide bonds. The van der Waals surface area contributed by atoms with Gasteiger partial charge >= 0.3 is 0 Å². The minimum atomic E-state index is 0.365. The monoisotopic (exact) mass is 275 g/mol. The second-order valence-corrected chi connectivity index (χ2v) is 6.25. The van der Waals surface area contributed by atoms with Crippen molar-refractivity contribution in [3.63, 3.8) is 0 Å². The summed E-state index contributed by atoms with van der Waals surface area (Å²) < 4.78 is 11.2. The van der Waals surface area contributed by atoms with E-state index in [1.54, 1.807) is 0 Å². The first kappa shape index (κ1) is 13.7. The first-order valence-corrected chi connectivity index (χ1v) is 7.88. The third-order valence-electron chi connectivity index (χ3n) is 4.57. The lowest BCUT2D eigenvalue weighted by molar-refractivity contribution is 0.171. The van der Waals surface area contributed by atoms with Crippen LogP contribution in [0.25, 0.3) is 0 Å². The fourth-order valence-corrected chi connectivity index (χ4v) is 3.21. The van der Waals surface area contributed by atoms with Crippen LogP contribution in [-0.4, -0.2) is 19.3 Å². The number of nitrogens with one attached hydrogen (secondary N) is 1. The van der Waals surface area contributed by atoms with Gasteiger partial charge in [0.05, 0.1) is 0 Å². The van der Waals surface area contributed by atoms with E-state index >= 15 is 0 Å². The van der Waals surface area contributed by atoms with Crippen LogP contribution in [0.2, 0.25) is 0 Å². The highest BCUT2D eigenvalue weighted by Crippen LogP contribution is 2.33. The van der Waals surface area contributed by atoms with Crippen LogP contribution in [0.3, 0.4) is 0 Å². The number of benzene rings is 1. The van der Waals surface area contributed by atoms with Crippen LogP contribution < -0.4 is 14.8 Å². The molecule has 0 bridgehead atoms. The Morgan fingerprint density at radius 2 is 1.75 bits per heavy atom. The van der Waals surface area contributed by atoms with Gasteiger partial charge in [-0.05, 0) is 56.2 Å². The molecule has 0 aromatic heterocycles. The molecule has 1 N–H and O–H groups in total. The second kappa shape index (κ2) is 6.04. The van der Waals surface area contributed by atoms with Gasteiger partial charge in [-0.15, -0.1) is 0 Å². The topological polar surface area (TPSA) is 30.5 Å². The lowest BCUT2D eigenvalue weighted by atomic mass is 9.87. The molecule has 1 heterocycles. The van der Waals surface area contributed by atoms with Crippen molar-refractivity contribution in [3.8, 4) is 11.5 Å². The molecule has 1 aliphatic carbocycles. The zero-order chi connectivity index (χ0) is 13.9. The van der Waals surface area contributed by atoms with E-state index in [2.05, 4.69) is 31.3 Å². The fourth-order valence-electron chi connectivity index (χ4n) is 3.21. The smallest absolute Gasteiger partial charge is 0.161 e. The molecule has 110 valence electrons. The predicted octanol–water partition coefficient (Wildman–Crippen LogP) is 3.69. The first-order chi connectivity index (χ1) is 9.72. The van der Waals surface area contributed by atoms with Crippen molar-refractivity contribution in [1.82, 2.24) is 5.32 Å². The second-order valence-electron chi connectivity index (χ2n) is 6.25. The van der Waals surface area contributed by atoms with E-state index in [0.29, 0.717) is 25.3 Å². The van der Waals surface area contributed by atoms with Gasteiger partial charge in [-0.3, -0.25) is 0 Å². The summed E-state index contributed by atoms with van der Waals surface area (Å²) in [6.07, 6.45) is 5.31. The van der Waals surface area contributed by atoms with Crippen LogP contribution in [0.1, 0.15) is 51.1 Å². The summed E-state index contributed by atoms with van der Waals surface area (Å²) in [7, 11) is 0. The maximum absolute atomic E-state index is 5.67. The Morgan fingerprint density at radius 1 is 1.05 bits per heavy atom. The van der Waals surface area contributed by atoms with Crippen LogP contribution in [0.5, 0.6) is 11.5 Å². The minimum Gasteiger partial charge on any atom is -0.486 e. The van der Waals surface area contributed by atoms with Gasteiger partial charge < -0.3 is 14.8 Å². The summed E-state index contributed by atoms with van der Waals surface area (Å²) in [6.45, 7) is 5.91. The lowest BCUT2D eigenvalue weighted by Crippen LogP contribution is -2.34. The van der Waals surface area contributed by atoms with Gasteiger partial charge in [0, 0.05) is 12.1 Å². The Morgan fingerprint density at radius 3 is 2.50 bits per heavy atom. The summed E-state index contributed by atoms with van der Waals surface area (Å²) in [5.41, 5.74) is 1.29. The molecular weight excluding hydrogens is 250 g/mol. The third-order valence-corrected chi connectivity index (χ3v) is 4.57. The Kier molecular flexibility index (Phi) is 4.16. The molecule has 0 spiro atoms. The van der Waals surface area contributed by atoms with Gasteiger partial charge in [0.15, 0.2) is 11.5 Å². The van der Waals surface area contributed by atoms with Gasteiger partial charge in [-0.25, -0.2) is 0 Å². The zero-order valence-corrected chi connectivity index (χ0v) is 12.5. The Bertz CT molecular complexity index is 452. The average Bonchev–Trinajstić information content (AvgIpc) is 2.49. The molecule has 1 unspecified atom stereocenters. The molecule has 2 aliphatic rings. The van der Waals surface area contributed by atoms with Crippen LogP contribution in [0.4, 0.5) is 0 Å². The van der Waals surface area contributed by atoms with E-state index in [1.807, 2.05) is 6.07 Å². The van der Waals surface area contributed by atoms with Crippen LogP contribution in [-0.2, 0) is 0 Å². The van der Waals surface area contributed by atoms with Crippen molar-refractivity contribution >= 4 is 0 Å². The van der Waals surface area contributed by atoms with Crippen molar-refractivity contribution in [2.45, 2.75) is 51.6 Å². The zero-order valence-electron chi connectivity index (χ0n) is 12.5. The standard InChI is InChI=1S/C17H25NO2/c1-12-3-6-15(7-4-12)18-13(2)14-5-8-16-17(11-14)20-10-9-19-16/h5,8,11-13,15,18H,3-4,6-7,9-10H2,1-2H3. The molecule has 0 radical (unpaired) electrons. The van der Waals surface area contributed by atoms with Gasteiger partial charge in [-0.1, -0.05) is 13.0 Å². The molecule has 3 rings (SSSR count). The molecule has 20 heavy (non-hydrogen) atoms. The number of fused-ring (bicyclic) bond motifs is 1. The molecule has 3 heteroatoms. The molecule has 1 saturated carbocycles. The van der Waals surface area contributed by atoms with Crippen molar-refractivity contribution in [2.24, 2.45) is 5.92 Å². The van der Waals surface area contributed by atoms with Gasteiger partial charge in [0.2, 0.25) is 0 Å². The summed E-state index contributed by atoms with van der Waals surface area (Å²) in [6, 6.07) is 7.33. The minimum absolute atomic E-state index is 0.365. The number of hydrogen-bond acceptors (Lipinski definition) is 3. The Labute approximate surface area is 121 Å². The molecule has 1 aliphatic heterocycles. The normalized spacial score (nSPS) is 27.1. The summed E-state index contributed by atoms with van der Waals surface area (Å²) in [5.74, 6) is 2.66. The largest absolute Gasteiger partial charge is 0.486 e. The van der Waals surface area contributed by atoms with Gasteiger partial charge in [0.1, 0.15) is 13.2 Å². The summed E-state index contributed by atoms with van der Waals surface area (Å²) in [5, 5.41) is 3.77. The van der Waals surface area contributed by atoms with Crippen LogP contribution in [0, 0.1) is 5.92 Å². The highest BCUT2D eigenvalue weighted by Gasteiger charge is 2.21. The summed E-state index contributed by atoms with van der Waals surface area (Å²) >= 11 is 0. The van der Waals surface area contributed by atoms with Crippen molar-refractivity contribution < 1.29 is 9.47 Å². The predicted molar refractivity (Wildman–Crippen MR) is 80.4 cm³/mol. The lowest BCUT2D eigenvalue weighted by Gasteiger charge is -2.30. The van der Waals surface area contributed by atoms with Crippen LogP contribution >= 0.6 is 0 Å². The van der Waals surface area contributed by atoms with E-state index in [9.17, 15) is 0 Å². The van der Waals surface area contributed by atoms with Gasteiger partial charge in [-0.2, -0.15) is 0 Å². The van der Waals surface area contributed by atoms with Crippen molar-refractivity contribution in [1.29, 1.82) is 0 Å².